The van der Waals surface area contributed by atoms with E-state index in [1.807, 2.05) is 26.0 Å². The molecule has 8 heteroatoms. The highest BCUT2D eigenvalue weighted by atomic mass is 16.3. The molecule has 2 aromatic carbocycles. The SMILES string of the molecule is CC[C@@H](Nc1c(Nc2cccc(C(=O)N3CCCC(C)(C)C3)c2O)c(=O)c1=O)c1ccc(C)o1. The highest BCUT2D eigenvalue weighted by molar-refractivity contribution is 5.99. The van der Waals surface area contributed by atoms with Gasteiger partial charge in [-0.3, -0.25) is 14.4 Å². The summed E-state index contributed by atoms with van der Waals surface area (Å²) in [4.78, 5) is 39.5. The van der Waals surface area contributed by atoms with Gasteiger partial charge in [0.15, 0.2) is 5.75 Å². The lowest BCUT2D eigenvalue weighted by Gasteiger charge is -2.38. The van der Waals surface area contributed by atoms with E-state index in [1.54, 1.807) is 23.1 Å². The first-order valence-corrected chi connectivity index (χ1v) is 11.7. The van der Waals surface area contributed by atoms with Crippen LogP contribution in [0.25, 0.3) is 0 Å². The van der Waals surface area contributed by atoms with Crippen LogP contribution in [0.4, 0.5) is 17.1 Å². The van der Waals surface area contributed by atoms with E-state index in [1.165, 1.54) is 0 Å². The second-order valence-electron chi connectivity index (χ2n) is 9.78. The number of hydrogen-bond acceptors (Lipinski definition) is 7. The van der Waals surface area contributed by atoms with E-state index in [0.717, 1.165) is 18.6 Å². The maximum atomic E-state index is 13.1. The van der Waals surface area contributed by atoms with Crippen molar-refractivity contribution in [1.29, 1.82) is 0 Å². The van der Waals surface area contributed by atoms with Crippen molar-refractivity contribution >= 4 is 23.0 Å². The summed E-state index contributed by atoms with van der Waals surface area (Å²) in [7, 11) is 0. The zero-order valence-electron chi connectivity index (χ0n) is 20.0. The number of phenolic OH excluding ortho intramolecular Hbond substituents is 1. The number of para-hydroxylation sites is 1. The Kier molecular flexibility index (Phi) is 6.25. The molecule has 8 nitrogen and oxygen atoms in total. The van der Waals surface area contributed by atoms with Crippen molar-refractivity contribution in [3.8, 4) is 5.75 Å². The number of benzene rings is 1. The van der Waals surface area contributed by atoms with Gasteiger partial charge in [0.25, 0.3) is 16.8 Å². The molecule has 0 unspecified atom stereocenters. The van der Waals surface area contributed by atoms with Gasteiger partial charge in [0.1, 0.15) is 22.9 Å². The molecule has 1 amide bonds. The van der Waals surface area contributed by atoms with Crippen molar-refractivity contribution in [2.24, 2.45) is 5.41 Å². The van der Waals surface area contributed by atoms with Gasteiger partial charge in [-0.2, -0.15) is 0 Å². The summed E-state index contributed by atoms with van der Waals surface area (Å²) in [6.07, 6.45) is 2.58. The Labute approximate surface area is 198 Å². The van der Waals surface area contributed by atoms with Crippen molar-refractivity contribution in [3.05, 3.63) is 67.9 Å². The largest absolute Gasteiger partial charge is 0.505 e. The Morgan fingerprint density at radius 3 is 2.56 bits per heavy atom. The topological polar surface area (TPSA) is 112 Å². The summed E-state index contributed by atoms with van der Waals surface area (Å²) in [5, 5.41) is 16.8. The summed E-state index contributed by atoms with van der Waals surface area (Å²) in [6.45, 7) is 9.27. The molecular weight excluding hydrogens is 434 g/mol. The van der Waals surface area contributed by atoms with Gasteiger partial charge in [-0.1, -0.05) is 26.8 Å². The van der Waals surface area contributed by atoms with E-state index in [-0.39, 0.29) is 45.7 Å². The van der Waals surface area contributed by atoms with Crippen LogP contribution in [-0.2, 0) is 0 Å². The normalized spacial score (nSPS) is 16.4. The fraction of sp³-hybridized carbons (Fsp3) is 0.423. The van der Waals surface area contributed by atoms with Crippen molar-refractivity contribution in [2.75, 3.05) is 23.7 Å². The summed E-state index contributed by atoms with van der Waals surface area (Å²) in [5.41, 5.74) is -0.738. The van der Waals surface area contributed by atoms with Crippen molar-refractivity contribution in [1.82, 2.24) is 4.90 Å². The van der Waals surface area contributed by atoms with Crippen LogP contribution >= 0.6 is 0 Å². The summed E-state index contributed by atoms with van der Waals surface area (Å²) in [5.74, 6) is 0.918. The van der Waals surface area contributed by atoms with Gasteiger partial charge < -0.3 is 25.1 Å². The molecule has 0 bridgehead atoms. The zero-order chi connectivity index (χ0) is 24.6. The second-order valence-corrected chi connectivity index (χ2v) is 9.78. The number of nitrogens with one attached hydrogen (secondary N) is 2. The van der Waals surface area contributed by atoms with Gasteiger partial charge in [-0.05, 0) is 55.9 Å². The Morgan fingerprint density at radius 1 is 1.18 bits per heavy atom. The van der Waals surface area contributed by atoms with Crippen LogP contribution in [0.15, 0.2) is 44.3 Å². The number of carbonyl (C=O) groups excluding carboxylic acids is 1. The number of hydrogen-bond donors (Lipinski definition) is 3. The minimum absolute atomic E-state index is 0.0197. The lowest BCUT2D eigenvalue weighted by atomic mass is 9.84. The molecule has 1 aliphatic rings. The molecule has 2 heterocycles. The van der Waals surface area contributed by atoms with E-state index in [2.05, 4.69) is 24.5 Å². The second kappa shape index (κ2) is 9.00. The number of aryl methyl sites for hydroxylation is 1. The molecule has 0 aliphatic carbocycles. The van der Waals surface area contributed by atoms with Gasteiger partial charge in [0, 0.05) is 13.1 Å². The molecule has 0 radical (unpaired) electrons. The van der Waals surface area contributed by atoms with Crippen LogP contribution in [-0.4, -0.2) is 29.0 Å². The molecule has 1 saturated heterocycles. The molecule has 1 aromatic heterocycles. The number of amides is 1. The van der Waals surface area contributed by atoms with Gasteiger partial charge in [0.05, 0.1) is 17.3 Å². The fourth-order valence-corrected chi connectivity index (χ4v) is 4.56. The van der Waals surface area contributed by atoms with Crippen molar-refractivity contribution < 1.29 is 14.3 Å². The standard InChI is InChI=1S/C26H31N3O5/c1-5-17(19-11-10-15(2)34-19)27-20-21(24(32)23(20)31)28-18-9-6-8-16(22(18)30)25(33)29-13-7-12-26(3,4)14-29/h6,8-11,17,27-28,30H,5,7,12-14H2,1-4H3/t17-/m1/s1. The Bertz CT molecular complexity index is 1280. The van der Waals surface area contributed by atoms with Gasteiger partial charge >= 0.3 is 0 Å². The fourth-order valence-electron chi connectivity index (χ4n) is 4.56. The molecular formula is C26H31N3O5. The van der Waals surface area contributed by atoms with Crippen LogP contribution in [0.5, 0.6) is 5.75 Å². The summed E-state index contributed by atoms with van der Waals surface area (Å²) in [6, 6.07) is 8.16. The van der Waals surface area contributed by atoms with Crippen molar-refractivity contribution in [3.63, 3.8) is 0 Å². The lowest BCUT2D eigenvalue weighted by Crippen LogP contribution is -2.43. The molecule has 3 aromatic rings. The highest BCUT2D eigenvalue weighted by Gasteiger charge is 2.31. The average molecular weight is 466 g/mol. The number of phenols is 1. The number of piperidine rings is 1. The third kappa shape index (κ3) is 4.44. The van der Waals surface area contributed by atoms with Crippen LogP contribution < -0.4 is 21.5 Å². The number of carbonyl (C=O) groups is 1. The number of rotatable bonds is 7. The molecule has 1 fully saturated rings. The molecule has 180 valence electrons. The first kappa shape index (κ1) is 23.6. The van der Waals surface area contributed by atoms with E-state index >= 15 is 0 Å². The van der Waals surface area contributed by atoms with Crippen molar-refractivity contribution in [2.45, 2.75) is 53.0 Å². The molecule has 34 heavy (non-hydrogen) atoms. The highest BCUT2D eigenvalue weighted by Crippen LogP contribution is 2.35. The molecule has 3 N–H and O–H groups in total. The van der Waals surface area contributed by atoms with Crippen LogP contribution in [0, 0.1) is 12.3 Å². The summed E-state index contributed by atoms with van der Waals surface area (Å²) >= 11 is 0. The Morgan fingerprint density at radius 2 is 1.91 bits per heavy atom. The number of anilines is 3. The zero-order valence-corrected chi connectivity index (χ0v) is 20.0. The monoisotopic (exact) mass is 465 g/mol. The predicted octanol–water partition coefficient (Wildman–Crippen LogP) is 4.46. The Hall–Kier alpha value is -3.55. The van der Waals surface area contributed by atoms with Crippen LogP contribution in [0.3, 0.4) is 0 Å². The first-order valence-electron chi connectivity index (χ1n) is 11.7. The minimum Gasteiger partial charge on any atom is -0.505 e. The summed E-state index contributed by atoms with van der Waals surface area (Å²) < 4.78 is 5.67. The van der Waals surface area contributed by atoms with E-state index in [4.69, 9.17) is 4.42 Å². The maximum absolute atomic E-state index is 13.1. The first-order chi connectivity index (χ1) is 16.1. The third-order valence-corrected chi connectivity index (χ3v) is 6.46. The van der Waals surface area contributed by atoms with E-state index in [9.17, 15) is 19.5 Å². The predicted molar refractivity (Wildman–Crippen MR) is 132 cm³/mol. The number of aromatic hydroxyl groups is 1. The average Bonchev–Trinajstić information content (AvgIpc) is 3.24. The molecule has 0 spiro atoms. The number of nitrogens with zero attached hydrogens (tertiary/aromatic N) is 1. The molecule has 4 rings (SSSR count). The van der Waals surface area contributed by atoms with Crippen LogP contribution in [0.1, 0.15) is 68.0 Å². The van der Waals surface area contributed by atoms with Crippen LogP contribution in [0.2, 0.25) is 0 Å². The quantitative estimate of drug-likeness (QED) is 0.349. The number of likely N-dealkylation sites (tertiary alicyclic amines) is 1. The number of furan rings is 1. The lowest BCUT2D eigenvalue weighted by molar-refractivity contribution is 0.0580. The molecule has 0 saturated carbocycles. The minimum atomic E-state index is -0.679. The smallest absolute Gasteiger partial charge is 0.257 e. The van der Waals surface area contributed by atoms with Gasteiger partial charge in [-0.15, -0.1) is 0 Å². The molecule has 1 atom stereocenters. The molecule has 1 aliphatic heterocycles. The van der Waals surface area contributed by atoms with E-state index in [0.29, 0.717) is 25.3 Å². The van der Waals surface area contributed by atoms with Gasteiger partial charge in [0.2, 0.25) is 0 Å². The Balaban J connectivity index is 1.57. The van der Waals surface area contributed by atoms with Gasteiger partial charge in [-0.25, -0.2) is 0 Å². The third-order valence-electron chi connectivity index (χ3n) is 6.46. The maximum Gasteiger partial charge on any atom is 0.257 e. The van der Waals surface area contributed by atoms with E-state index < -0.39 is 10.9 Å².